The number of hydrogen-bond donors (Lipinski definition) is 0. The lowest BCUT2D eigenvalue weighted by atomic mass is 10.2. The Bertz CT molecular complexity index is 1070. The van der Waals surface area contributed by atoms with Gasteiger partial charge in [0.1, 0.15) is 11.8 Å². The summed E-state index contributed by atoms with van der Waals surface area (Å²) in [5, 5.41) is 12.1. The molecule has 0 saturated carbocycles. The van der Waals surface area contributed by atoms with Crippen LogP contribution in [0.5, 0.6) is 0 Å². The Balaban J connectivity index is 2.33. The molecular formula is C16H6Cl2F6N4S. The predicted molar refractivity (Wildman–Crippen MR) is 94.5 cm³/mol. The summed E-state index contributed by atoms with van der Waals surface area (Å²) in [7, 11) is 0. The second-order valence-corrected chi connectivity index (χ2v) is 7.34. The quantitative estimate of drug-likeness (QED) is 0.325. The molecule has 29 heavy (non-hydrogen) atoms. The van der Waals surface area contributed by atoms with Crippen LogP contribution in [0.1, 0.15) is 11.3 Å². The lowest BCUT2D eigenvalue weighted by Gasteiger charge is -2.15. The van der Waals surface area contributed by atoms with Gasteiger partial charge in [-0.15, -0.1) is 0 Å². The highest BCUT2D eigenvalue weighted by molar-refractivity contribution is 8.00. The number of benzene rings is 1. The maximum absolute atomic E-state index is 13.1. The van der Waals surface area contributed by atoms with Crippen molar-refractivity contribution in [3.63, 3.8) is 0 Å². The van der Waals surface area contributed by atoms with Gasteiger partial charge in [-0.3, -0.25) is 0 Å². The molecular weight excluding hydrogens is 465 g/mol. The molecule has 152 valence electrons. The Morgan fingerprint density at radius 2 is 1.55 bits per heavy atom. The van der Waals surface area contributed by atoms with Gasteiger partial charge in [0.25, 0.3) is 0 Å². The molecule has 0 spiro atoms. The molecule has 3 aromatic rings. The summed E-state index contributed by atoms with van der Waals surface area (Å²) in [5.41, 5.74) is -6.79. The fourth-order valence-corrected chi connectivity index (χ4v) is 3.81. The molecule has 1 aromatic carbocycles. The monoisotopic (exact) mass is 470 g/mol. The van der Waals surface area contributed by atoms with Gasteiger partial charge in [-0.2, -0.15) is 36.7 Å². The standard InChI is InChI=1S/C16H6Cl2F6N4S/c17-9-5-8(15(19,20)21)6-10(18)12(9)28-14(27-3-1-2-4-27)13(11(7-25)26-28)29-16(22,23)24/h1-6H. The lowest BCUT2D eigenvalue weighted by molar-refractivity contribution is -0.137. The molecule has 0 radical (unpaired) electrons. The highest BCUT2D eigenvalue weighted by Crippen LogP contribution is 2.44. The third-order valence-electron chi connectivity index (χ3n) is 3.55. The van der Waals surface area contributed by atoms with E-state index in [0.717, 1.165) is 4.68 Å². The number of rotatable bonds is 3. The van der Waals surface area contributed by atoms with Gasteiger partial charge in [-0.1, -0.05) is 23.2 Å². The van der Waals surface area contributed by atoms with E-state index in [1.807, 2.05) is 0 Å². The first-order valence-corrected chi connectivity index (χ1v) is 8.98. The summed E-state index contributed by atoms with van der Waals surface area (Å²) >= 11 is 11.4. The van der Waals surface area contributed by atoms with E-state index in [4.69, 9.17) is 23.2 Å². The minimum Gasteiger partial charge on any atom is -0.308 e. The molecule has 0 unspecified atom stereocenters. The maximum Gasteiger partial charge on any atom is 0.446 e. The molecule has 0 saturated heterocycles. The van der Waals surface area contributed by atoms with Gasteiger partial charge in [0, 0.05) is 12.4 Å². The zero-order valence-electron chi connectivity index (χ0n) is 13.7. The molecule has 0 amide bonds. The molecule has 0 bridgehead atoms. The van der Waals surface area contributed by atoms with E-state index < -0.39 is 49.6 Å². The molecule has 0 fully saturated rings. The lowest BCUT2D eigenvalue weighted by Crippen LogP contribution is -2.10. The van der Waals surface area contributed by atoms with Crippen LogP contribution in [0.4, 0.5) is 26.3 Å². The zero-order valence-corrected chi connectivity index (χ0v) is 16.0. The minimum absolute atomic E-state index is 0.252. The van der Waals surface area contributed by atoms with Gasteiger partial charge in [0.2, 0.25) is 0 Å². The van der Waals surface area contributed by atoms with Gasteiger partial charge in [0.15, 0.2) is 11.5 Å². The average Bonchev–Trinajstić information content (AvgIpc) is 3.20. The molecule has 0 N–H and O–H groups in total. The molecule has 0 atom stereocenters. The highest BCUT2D eigenvalue weighted by atomic mass is 35.5. The van der Waals surface area contributed by atoms with Crippen LogP contribution >= 0.6 is 35.0 Å². The van der Waals surface area contributed by atoms with Crippen molar-refractivity contribution in [3.05, 3.63) is 58.0 Å². The SMILES string of the molecule is N#Cc1nn(-c2c(Cl)cc(C(F)(F)F)cc2Cl)c(-n2cccc2)c1SC(F)(F)F. The first-order valence-electron chi connectivity index (χ1n) is 7.41. The number of aromatic nitrogens is 3. The van der Waals surface area contributed by atoms with Crippen molar-refractivity contribution in [2.45, 2.75) is 16.6 Å². The molecule has 2 heterocycles. The first-order chi connectivity index (χ1) is 13.4. The Kier molecular flexibility index (Phi) is 5.55. The maximum atomic E-state index is 13.1. The van der Waals surface area contributed by atoms with E-state index in [1.165, 1.54) is 29.1 Å². The van der Waals surface area contributed by atoms with E-state index >= 15 is 0 Å². The van der Waals surface area contributed by atoms with Gasteiger partial charge in [-0.05, 0) is 36.0 Å². The highest BCUT2D eigenvalue weighted by Gasteiger charge is 2.36. The van der Waals surface area contributed by atoms with Crippen LogP contribution in [0.15, 0.2) is 41.6 Å². The number of halogens is 8. The van der Waals surface area contributed by atoms with Crippen LogP contribution in [-0.4, -0.2) is 19.9 Å². The predicted octanol–water partition coefficient (Wildman–Crippen LogP) is 6.47. The van der Waals surface area contributed by atoms with Crippen molar-refractivity contribution < 1.29 is 26.3 Å². The van der Waals surface area contributed by atoms with Crippen LogP contribution in [0.2, 0.25) is 10.0 Å². The van der Waals surface area contributed by atoms with Crippen molar-refractivity contribution in [3.8, 4) is 17.6 Å². The van der Waals surface area contributed by atoms with Crippen LogP contribution in [0, 0.1) is 11.3 Å². The van der Waals surface area contributed by atoms with Gasteiger partial charge >= 0.3 is 11.7 Å². The second-order valence-electron chi connectivity index (χ2n) is 5.45. The Morgan fingerprint density at radius 3 is 2.00 bits per heavy atom. The van der Waals surface area contributed by atoms with E-state index in [1.54, 1.807) is 6.07 Å². The zero-order chi connectivity index (χ0) is 21.6. The third-order valence-corrected chi connectivity index (χ3v) is 4.94. The molecule has 13 heteroatoms. The second kappa shape index (κ2) is 7.51. The number of alkyl halides is 6. The summed E-state index contributed by atoms with van der Waals surface area (Å²) in [6.45, 7) is 0. The van der Waals surface area contributed by atoms with Crippen molar-refractivity contribution >= 4 is 35.0 Å². The smallest absolute Gasteiger partial charge is 0.308 e. The Hall–Kier alpha value is -2.29. The normalized spacial score (nSPS) is 12.2. The number of hydrogen-bond acceptors (Lipinski definition) is 3. The van der Waals surface area contributed by atoms with Crippen LogP contribution in [0.25, 0.3) is 11.5 Å². The summed E-state index contributed by atoms with van der Waals surface area (Å²) in [6, 6.07) is 5.71. The van der Waals surface area contributed by atoms with Crippen LogP contribution in [0.3, 0.4) is 0 Å². The molecule has 2 aromatic heterocycles. The molecule has 0 aliphatic rings. The summed E-state index contributed by atoms with van der Waals surface area (Å²) in [6.07, 6.45) is -1.99. The molecule has 0 aliphatic carbocycles. The molecule has 0 aliphatic heterocycles. The number of nitrogens with zero attached hydrogens (tertiary/aromatic N) is 4. The minimum atomic E-state index is -4.75. The van der Waals surface area contributed by atoms with E-state index in [0.29, 0.717) is 12.1 Å². The fraction of sp³-hybridized carbons (Fsp3) is 0.125. The largest absolute Gasteiger partial charge is 0.446 e. The van der Waals surface area contributed by atoms with Crippen molar-refractivity contribution in [1.82, 2.24) is 14.3 Å². The number of nitriles is 1. The third kappa shape index (κ3) is 4.34. The molecule has 4 nitrogen and oxygen atoms in total. The Morgan fingerprint density at radius 1 is 1.00 bits per heavy atom. The summed E-state index contributed by atoms with van der Waals surface area (Å²) in [5.74, 6) is -0.252. The van der Waals surface area contributed by atoms with Crippen molar-refractivity contribution in [2.24, 2.45) is 0 Å². The number of thioether (sulfide) groups is 1. The van der Waals surface area contributed by atoms with Gasteiger partial charge in [-0.25, -0.2) is 4.68 Å². The molecule has 3 rings (SSSR count). The Labute approximate surface area is 173 Å². The fourth-order valence-electron chi connectivity index (χ4n) is 2.47. The van der Waals surface area contributed by atoms with E-state index in [9.17, 15) is 31.6 Å². The van der Waals surface area contributed by atoms with Crippen LogP contribution < -0.4 is 0 Å². The van der Waals surface area contributed by atoms with Crippen molar-refractivity contribution in [2.75, 3.05) is 0 Å². The average molecular weight is 471 g/mol. The van der Waals surface area contributed by atoms with E-state index in [2.05, 4.69) is 5.10 Å². The van der Waals surface area contributed by atoms with Crippen molar-refractivity contribution in [1.29, 1.82) is 5.26 Å². The first kappa shape index (κ1) is 21.4. The van der Waals surface area contributed by atoms with Crippen LogP contribution in [-0.2, 0) is 6.18 Å². The summed E-state index contributed by atoms with van der Waals surface area (Å²) < 4.78 is 80.2. The van der Waals surface area contributed by atoms with E-state index in [-0.39, 0.29) is 11.5 Å². The van der Waals surface area contributed by atoms with Gasteiger partial charge in [0.05, 0.1) is 20.5 Å². The summed E-state index contributed by atoms with van der Waals surface area (Å²) in [4.78, 5) is -0.553. The topological polar surface area (TPSA) is 46.5 Å². The van der Waals surface area contributed by atoms with Gasteiger partial charge < -0.3 is 4.57 Å².